The monoisotopic (exact) mass is 388 g/mol. The van der Waals surface area contributed by atoms with Crippen LogP contribution in [0.1, 0.15) is 54.8 Å². The molecule has 144 valence electrons. The molecular formula is C21H25ClN2O3. The zero-order chi connectivity index (χ0) is 20.0. The van der Waals surface area contributed by atoms with Crippen molar-refractivity contribution in [3.8, 4) is 5.75 Å². The Morgan fingerprint density at radius 2 is 1.59 bits per heavy atom. The van der Waals surface area contributed by atoms with Crippen LogP contribution in [-0.2, 0) is 0 Å². The third-order valence-electron chi connectivity index (χ3n) is 3.55. The fraction of sp³-hybridized carbons (Fsp3) is 0.333. The number of ether oxygens (including phenoxy) is 1. The first kappa shape index (κ1) is 20.8. The van der Waals surface area contributed by atoms with E-state index in [0.29, 0.717) is 34.2 Å². The molecule has 0 radical (unpaired) electrons. The third-order valence-corrected chi connectivity index (χ3v) is 3.78. The molecule has 0 saturated carbocycles. The molecule has 0 aliphatic carbocycles. The van der Waals surface area contributed by atoms with E-state index in [1.54, 1.807) is 42.5 Å². The fourth-order valence-electron chi connectivity index (χ4n) is 2.32. The predicted octanol–water partition coefficient (Wildman–Crippen LogP) is 4.91. The lowest BCUT2D eigenvalue weighted by molar-refractivity contribution is 0.0918. The summed E-state index contributed by atoms with van der Waals surface area (Å²) in [4.78, 5) is 24.7. The van der Waals surface area contributed by atoms with Crippen LogP contribution in [-0.4, -0.2) is 24.0 Å². The van der Waals surface area contributed by atoms with E-state index in [9.17, 15) is 9.59 Å². The van der Waals surface area contributed by atoms with Gasteiger partial charge in [-0.25, -0.2) is 0 Å². The van der Waals surface area contributed by atoms with Gasteiger partial charge in [-0.15, -0.1) is 0 Å². The van der Waals surface area contributed by atoms with Crippen molar-refractivity contribution < 1.29 is 14.3 Å². The summed E-state index contributed by atoms with van der Waals surface area (Å²) in [6.45, 7) is 8.29. The Morgan fingerprint density at radius 3 is 2.15 bits per heavy atom. The highest BCUT2D eigenvalue weighted by molar-refractivity contribution is 6.31. The fourth-order valence-corrected chi connectivity index (χ4v) is 2.49. The average Bonchev–Trinajstić information content (AvgIpc) is 2.59. The second kappa shape index (κ2) is 8.91. The van der Waals surface area contributed by atoms with E-state index >= 15 is 0 Å². The van der Waals surface area contributed by atoms with Gasteiger partial charge in [0.25, 0.3) is 11.8 Å². The summed E-state index contributed by atoms with van der Waals surface area (Å²) in [5.41, 5.74) is 1.12. The number of rotatable bonds is 6. The van der Waals surface area contributed by atoms with Gasteiger partial charge in [0.1, 0.15) is 5.75 Å². The van der Waals surface area contributed by atoms with Crippen molar-refractivity contribution in [2.45, 2.75) is 39.7 Å². The van der Waals surface area contributed by atoms with E-state index in [1.807, 2.05) is 27.7 Å². The molecular weight excluding hydrogens is 364 g/mol. The Balaban J connectivity index is 2.13. The third kappa shape index (κ3) is 6.29. The molecule has 0 unspecified atom stereocenters. The van der Waals surface area contributed by atoms with Crippen LogP contribution in [0.3, 0.4) is 0 Å². The van der Waals surface area contributed by atoms with E-state index < -0.39 is 0 Å². The van der Waals surface area contributed by atoms with Crippen molar-refractivity contribution in [3.05, 3.63) is 58.6 Å². The van der Waals surface area contributed by atoms with Gasteiger partial charge in [-0.2, -0.15) is 0 Å². The number of anilines is 1. The van der Waals surface area contributed by atoms with E-state index in [4.69, 9.17) is 16.3 Å². The SMILES string of the molecule is CCCOc1ccc(Cl)cc1NC(=O)c1ccc(C(=O)NC(C)(C)C)cc1. The van der Waals surface area contributed by atoms with E-state index in [1.165, 1.54) is 0 Å². The van der Waals surface area contributed by atoms with Crippen LogP contribution in [0.2, 0.25) is 5.02 Å². The van der Waals surface area contributed by atoms with Crippen molar-refractivity contribution >= 4 is 29.1 Å². The van der Waals surface area contributed by atoms with Gasteiger partial charge in [0.05, 0.1) is 12.3 Å². The molecule has 2 N–H and O–H groups in total. The lowest BCUT2D eigenvalue weighted by Gasteiger charge is -2.20. The van der Waals surface area contributed by atoms with E-state index in [-0.39, 0.29) is 17.4 Å². The van der Waals surface area contributed by atoms with Crippen molar-refractivity contribution in [1.29, 1.82) is 0 Å². The molecule has 0 spiro atoms. The van der Waals surface area contributed by atoms with Crippen LogP contribution in [0.5, 0.6) is 5.75 Å². The van der Waals surface area contributed by atoms with Gasteiger partial charge in [0.15, 0.2) is 0 Å². The second-order valence-corrected chi connectivity index (χ2v) is 7.66. The summed E-state index contributed by atoms with van der Waals surface area (Å²) in [5.74, 6) is 0.0803. The molecule has 2 aromatic rings. The first-order valence-corrected chi connectivity index (χ1v) is 9.23. The smallest absolute Gasteiger partial charge is 0.255 e. The molecule has 27 heavy (non-hydrogen) atoms. The molecule has 0 aromatic heterocycles. The molecule has 6 heteroatoms. The largest absolute Gasteiger partial charge is 0.491 e. The van der Waals surface area contributed by atoms with Gasteiger partial charge in [0, 0.05) is 21.7 Å². The molecule has 2 aromatic carbocycles. The number of amides is 2. The van der Waals surface area contributed by atoms with Gasteiger partial charge in [-0.1, -0.05) is 18.5 Å². The quantitative estimate of drug-likeness (QED) is 0.738. The first-order valence-electron chi connectivity index (χ1n) is 8.86. The van der Waals surface area contributed by atoms with Crippen LogP contribution >= 0.6 is 11.6 Å². The maximum Gasteiger partial charge on any atom is 0.255 e. The van der Waals surface area contributed by atoms with E-state index in [2.05, 4.69) is 10.6 Å². The molecule has 5 nitrogen and oxygen atoms in total. The molecule has 0 aliphatic rings. The maximum atomic E-state index is 12.6. The zero-order valence-corrected chi connectivity index (χ0v) is 16.8. The molecule has 0 atom stereocenters. The van der Waals surface area contributed by atoms with E-state index in [0.717, 1.165) is 6.42 Å². The van der Waals surface area contributed by atoms with Crippen LogP contribution in [0.25, 0.3) is 0 Å². The zero-order valence-electron chi connectivity index (χ0n) is 16.1. The van der Waals surface area contributed by atoms with Gasteiger partial charge < -0.3 is 15.4 Å². The molecule has 2 rings (SSSR count). The first-order chi connectivity index (χ1) is 12.7. The number of hydrogen-bond donors (Lipinski definition) is 2. The normalized spacial score (nSPS) is 11.0. The molecule has 0 saturated heterocycles. The summed E-state index contributed by atoms with van der Waals surface area (Å²) in [5, 5.41) is 6.20. The summed E-state index contributed by atoms with van der Waals surface area (Å²) >= 11 is 6.04. The van der Waals surface area contributed by atoms with Crippen LogP contribution in [0, 0.1) is 0 Å². The Kier molecular flexibility index (Phi) is 6.86. The van der Waals surface area contributed by atoms with Crippen molar-refractivity contribution in [2.75, 3.05) is 11.9 Å². The molecule has 0 aliphatic heterocycles. The second-order valence-electron chi connectivity index (χ2n) is 7.22. The van der Waals surface area contributed by atoms with Crippen LogP contribution < -0.4 is 15.4 Å². The van der Waals surface area contributed by atoms with Gasteiger partial charge in [-0.05, 0) is 69.7 Å². The Labute approximate surface area is 165 Å². The lowest BCUT2D eigenvalue weighted by atomic mass is 10.1. The van der Waals surface area contributed by atoms with Crippen molar-refractivity contribution in [1.82, 2.24) is 5.32 Å². The number of halogens is 1. The summed E-state index contributed by atoms with van der Waals surface area (Å²) in [6, 6.07) is 11.6. The van der Waals surface area contributed by atoms with Gasteiger partial charge in [0.2, 0.25) is 0 Å². The molecule has 0 fully saturated rings. The number of hydrogen-bond acceptors (Lipinski definition) is 3. The Bertz CT molecular complexity index is 811. The summed E-state index contributed by atoms with van der Waals surface area (Å²) in [6.07, 6.45) is 0.855. The summed E-state index contributed by atoms with van der Waals surface area (Å²) in [7, 11) is 0. The van der Waals surface area contributed by atoms with Gasteiger partial charge in [-0.3, -0.25) is 9.59 Å². The summed E-state index contributed by atoms with van der Waals surface area (Å²) < 4.78 is 5.65. The number of carbonyl (C=O) groups excluding carboxylic acids is 2. The minimum absolute atomic E-state index is 0.181. The highest BCUT2D eigenvalue weighted by Crippen LogP contribution is 2.28. The number of nitrogens with one attached hydrogen (secondary N) is 2. The van der Waals surface area contributed by atoms with Crippen LogP contribution in [0.4, 0.5) is 5.69 Å². The molecule has 0 heterocycles. The highest BCUT2D eigenvalue weighted by atomic mass is 35.5. The van der Waals surface area contributed by atoms with Crippen molar-refractivity contribution in [2.24, 2.45) is 0 Å². The highest BCUT2D eigenvalue weighted by Gasteiger charge is 2.16. The maximum absolute atomic E-state index is 12.6. The Hall–Kier alpha value is -2.53. The molecule has 0 bridgehead atoms. The van der Waals surface area contributed by atoms with Crippen LogP contribution in [0.15, 0.2) is 42.5 Å². The topological polar surface area (TPSA) is 67.4 Å². The minimum Gasteiger partial charge on any atom is -0.491 e. The molecule has 2 amide bonds. The van der Waals surface area contributed by atoms with Crippen molar-refractivity contribution in [3.63, 3.8) is 0 Å². The standard InChI is InChI=1S/C21H25ClN2O3/c1-5-12-27-18-11-10-16(22)13-17(18)23-19(25)14-6-8-15(9-7-14)20(26)24-21(2,3)4/h6-11,13H,5,12H2,1-4H3,(H,23,25)(H,24,26). The number of carbonyl (C=O) groups is 2. The average molecular weight is 389 g/mol. The predicted molar refractivity (Wildman–Crippen MR) is 109 cm³/mol. The minimum atomic E-state index is -0.325. The number of benzene rings is 2. The van der Waals surface area contributed by atoms with Gasteiger partial charge >= 0.3 is 0 Å². The lowest BCUT2D eigenvalue weighted by Crippen LogP contribution is -2.40. The Morgan fingerprint density at radius 1 is 1.00 bits per heavy atom.